The maximum atomic E-state index is 11.7. The van der Waals surface area contributed by atoms with Gasteiger partial charge < -0.3 is 4.74 Å². The zero-order valence-electron chi connectivity index (χ0n) is 9.60. The van der Waals surface area contributed by atoms with Crippen LogP contribution < -0.4 is 0 Å². The molecule has 7 heteroatoms. The summed E-state index contributed by atoms with van der Waals surface area (Å²) in [6.45, 7) is 2.02. The highest BCUT2D eigenvalue weighted by Crippen LogP contribution is 2.53. The molecule has 94 valence electrons. The number of aromatic nitrogens is 1. The van der Waals surface area contributed by atoms with Gasteiger partial charge in [0, 0.05) is 6.26 Å². The summed E-state index contributed by atoms with van der Waals surface area (Å²) in [4.78, 5) is 15.9. The Balaban J connectivity index is 2.29. The van der Waals surface area contributed by atoms with E-state index in [1.807, 2.05) is 0 Å². The van der Waals surface area contributed by atoms with E-state index >= 15 is 0 Å². The zero-order valence-corrected chi connectivity index (χ0v) is 11.2. The fourth-order valence-electron chi connectivity index (χ4n) is 1.64. The number of esters is 1. The second kappa shape index (κ2) is 4.06. The van der Waals surface area contributed by atoms with Crippen LogP contribution in [0, 0.1) is 0 Å². The van der Waals surface area contributed by atoms with Gasteiger partial charge >= 0.3 is 5.97 Å². The largest absolute Gasteiger partial charge is 0.462 e. The first kappa shape index (κ1) is 12.5. The molecule has 1 aliphatic carbocycles. The molecule has 1 saturated carbocycles. The summed E-state index contributed by atoms with van der Waals surface area (Å²) in [5, 5.41) is 0.503. The normalized spacial score (nSPS) is 17.8. The molecule has 0 saturated heterocycles. The monoisotopic (exact) mass is 275 g/mol. The molecule has 1 aromatic heterocycles. The molecule has 0 atom stereocenters. The van der Waals surface area contributed by atoms with Gasteiger partial charge in [0.2, 0.25) is 0 Å². The standard InChI is InChI=1S/C10H13NO4S2/c1-3-15-8(12)7-6-11-9(16-7)10(4-5-10)17(2,13)14/h6H,3-5H2,1-2H3. The number of thiazole rings is 1. The van der Waals surface area contributed by atoms with Gasteiger partial charge in [-0.1, -0.05) is 0 Å². The van der Waals surface area contributed by atoms with Crippen LogP contribution in [0.15, 0.2) is 6.20 Å². The lowest BCUT2D eigenvalue weighted by Gasteiger charge is -2.08. The number of rotatable bonds is 4. The molecule has 1 aromatic rings. The SMILES string of the molecule is CCOC(=O)c1cnc(C2(S(C)(=O)=O)CC2)s1. The average molecular weight is 275 g/mol. The summed E-state index contributed by atoms with van der Waals surface area (Å²) in [6.07, 6.45) is 3.78. The van der Waals surface area contributed by atoms with Gasteiger partial charge in [0.05, 0.1) is 12.8 Å². The Hall–Kier alpha value is -0.950. The third-order valence-electron chi connectivity index (χ3n) is 2.79. The lowest BCUT2D eigenvalue weighted by Crippen LogP contribution is -2.18. The Morgan fingerprint density at radius 3 is 2.71 bits per heavy atom. The van der Waals surface area contributed by atoms with Crippen LogP contribution in [-0.4, -0.2) is 32.2 Å². The van der Waals surface area contributed by atoms with E-state index in [0.717, 1.165) is 11.3 Å². The van der Waals surface area contributed by atoms with E-state index in [4.69, 9.17) is 4.74 Å². The molecule has 0 unspecified atom stereocenters. The topological polar surface area (TPSA) is 73.3 Å². The second-order valence-electron chi connectivity index (χ2n) is 4.02. The van der Waals surface area contributed by atoms with Crippen molar-refractivity contribution in [3.8, 4) is 0 Å². The predicted molar refractivity (Wildman–Crippen MR) is 63.8 cm³/mol. The van der Waals surface area contributed by atoms with E-state index in [2.05, 4.69) is 4.98 Å². The summed E-state index contributed by atoms with van der Waals surface area (Å²) >= 11 is 1.11. The molecule has 0 amide bonds. The van der Waals surface area contributed by atoms with E-state index in [9.17, 15) is 13.2 Å². The minimum atomic E-state index is -3.17. The molecule has 5 nitrogen and oxygen atoms in total. The molecule has 17 heavy (non-hydrogen) atoms. The molecule has 0 aliphatic heterocycles. The Kier molecular flexibility index (Phi) is 2.99. The van der Waals surface area contributed by atoms with Crippen molar-refractivity contribution in [1.29, 1.82) is 0 Å². The number of carbonyl (C=O) groups excluding carboxylic acids is 1. The molecular weight excluding hydrogens is 262 g/mol. The highest BCUT2D eigenvalue weighted by atomic mass is 32.2. The van der Waals surface area contributed by atoms with Crippen molar-refractivity contribution >= 4 is 27.1 Å². The number of carbonyl (C=O) groups is 1. The van der Waals surface area contributed by atoms with E-state index in [1.165, 1.54) is 12.5 Å². The van der Waals surface area contributed by atoms with Crippen LogP contribution in [0.25, 0.3) is 0 Å². The van der Waals surface area contributed by atoms with E-state index in [-0.39, 0.29) is 0 Å². The summed E-state index contributed by atoms with van der Waals surface area (Å²) in [5.74, 6) is -0.444. The number of sulfone groups is 1. The van der Waals surface area contributed by atoms with Crippen LogP contribution in [0.4, 0.5) is 0 Å². The van der Waals surface area contributed by atoms with Crippen molar-refractivity contribution in [2.75, 3.05) is 12.9 Å². The molecule has 0 bridgehead atoms. The average Bonchev–Trinajstić information content (AvgIpc) is 2.91. The summed E-state index contributed by atoms with van der Waals surface area (Å²) < 4.78 is 27.3. The van der Waals surface area contributed by atoms with Crippen LogP contribution in [-0.2, 0) is 19.3 Å². The number of hydrogen-bond donors (Lipinski definition) is 0. The molecule has 2 rings (SSSR count). The minimum absolute atomic E-state index is 0.295. The lowest BCUT2D eigenvalue weighted by atomic mass is 10.4. The summed E-state index contributed by atoms with van der Waals surface area (Å²) in [7, 11) is -3.17. The van der Waals surface area contributed by atoms with Crippen molar-refractivity contribution < 1.29 is 17.9 Å². The van der Waals surface area contributed by atoms with E-state index < -0.39 is 20.6 Å². The van der Waals surface area contributed by atoms with Gasteiger partial charge in [-0.15, -0.1) is 11.3 Å². The van der Waals surface area contributed by atoms with Gasteiger partial charge in [-0.3, -0.25) is 0 Å². The second-order valence-corrected chi connectivity index (χ2v) is 7.37. The Morgan fingerprint density at radius 1 is 1.59 bits per heavy atom. The van der Waals surface area contributed by atoms with Crippen molar-refractivity contribution in [1.82, 2.24) is 4.98 Å². The van der Waals surface area contributed by atoms with Gasteiger partial charge in [-0.2, -0.15) is 0 Å². The van der Waals surface area contributed by atoms with Crippen LogP contribution in [0.3, 0.4) is 0 Å². The van der Waals surface area contributed by atoms with Crippen LogP contribution in [0.1, 0.15) is 34.4 Å². The quantitative estimate of drug-likeness (QED) is 0.776. The fraction of sp³-hybridized carbons (Fsp3) is 0.600. The van der Waals surface area contributed by atoms with E-state index in [0.29, 0.717) is 29.3 Å². The molecule has 1 heterocycles. The Bertz CT molecular complexity index is 542. The summed E-state index contributed by atoms with van der Waals surface area (Å²) in [6, 6.07) is 0. The van der Waals surface area contributed by atoms with Gasteiger partial charge in [0.15, 0.2) is 9.84 Å². The fourth-order valence-corrected chi connectivity index (χ4v) is 4.38. The number of hydrogen-bond acceptors (Lipinski definition) is 6. The molecule has 1 aliphatic rings. The van der Waals surface area contributed by atoms with Crippen molar-refractivity contribution in [2.45, 2.75) is 24.5 Å². The Morgan fingerprint density at radius 2 is 2.24 bits per heavy atom. The third kappa shape index (κ3) is 2.09. The number of ether oxygens (including phenoxy) is 1. The lowest BCUT2D eigenvalue weighted by molar-refractivity contribution is 0.0532. The van der Waals surface area contributed by atoms with Crippen molar-refractivity contribution in [3.05, 3.63) is 16.1 Å². The van der Waals surface area contributed by atoms with E-state index in [1.54, 1.807) is 6.92 Å². The third-order valence-corrected chi connectivity index (χ3v) is 6.12. The van der Waals surface area contributed by atoms with Crippen LogP contribution >= 0.6 is 11.3 Å². The molecule has 0 spiro atoms. The van der Waals surface area contributed by atoms with Gasteiger partial charge in [-0.05, 0) is 19.8 Å². The van der Waals surface area contributed by atoms with Crippen molar-refractivity contribution in [3.63, 3.8) is 0 Å². The Labute approximate surface area is 104 Å². The highest BCUT2D eigenvalue weighted by molar-refractivity contribution is 7.92. The van der Waals surface area contributed by atoms with Gasteiger partial charge in [0.25, 0.3) is 0 Å². The zero-order chi connectivity index (χ0) is 12.7. The van der Waals surface area contributed by atoms with Crippen molar-refractivity contribution in [2.24, 2.45) is 0 Å². The summed E-state index contributed by atoms with van der Waals surface area (Å²) in [5.41, 5.74) is 0. The first-order valence-electron chi connectivity index (χ1n) is 5.24. The molecule has 1 fully saturated rings. The number of nitrogens with zero attached hydrogens (tertiary/aromatic N) is 1. The predicted octanol–water partition coefficient (Wildman–Crippen LogP) is 1.35. The van der Waals surface area contributed by atoms with Gasteiger partial charge in [0.1, 0.15) is 14.6 Å². The maximum Gasteiger partial charge on any atom is 0.349 e. The molecular formula is C10H13NO4S2. The minimum Gasteiger partial charge on any atom is -0.462 e. The van der Waals surface area contributed by atoms with Gasteiger partial charge in [-0.25, -0.2) is 18.2 Å². The smallest absolute Gasteiger partial charge is 0.349 e. The molecule has 0 radical (unpaired) electrons. The molecule has 0 aromatic carbocycles. The highest BCUT2D eigenvalue weighted by Gasteiger charge is 2.56. The first-order chi connectivity index (χ1) is 7.90. The molecule has 0 N–H and O–H groups in total. The maximum absolute atomic E-state index is 11.7. The first-order valence-corrected chi connectivity index (χ1v) is 7.94. The van der Waals surface area contributed by atoms with Crippen LogP contribution in [0.2, 0.25) is 0 Å². The van der Waals surface area contributed by atoms with Crippen LogP contribution in [0.5, 0.6) is 0 Å².